The Labute approximate surface area is 172 Å². The highest BCUT2D eigenvalue weighted by molar-refractivity contribution is 6.06. The van der Waals surface area contributed by atoms with Gasteiger partial charge in [0.05, 0.1) is 12.5 Å². The lowest BCUT2D eigenvalue weighted by molar-refractivity contribution is -0.142. The van der Waals surface area contributed by atoms with Gasteiger partial charge in [0.1, 0.15) is 5.75 Å². The van der Waals surface area contributed by atoms with Crippen LogP contribution in [0.2, 0.25) is 0 Å². The predicted molar refractivity (Wildman–Crippen MR) is 112 cm³/mol. The number of carbonyl (C=O) groups excluding carboxylic acids is 2. The second kappa shape index (κ2) is 7.13. The summed E-state index contributed by atoms with van der Waals surface area (Å²) < 4.78 is 5.27. The van der Waals surface area contributed by atoms with Gasteiger partial charge in [-0.15, -0.1) is 0 Å². The van der Waals surface area contributed by atoms with Crippen molar-refractivity contribution in [3.8, 4) is 5.75 Å². The van der Waals surface area contributed by atoms with E-state index in [-0.39, 0.29) is 29.7 Å². The monoisotopic (exact) mass is 392 g/mol. The summed E-state index contributed by atoms with van der Waals surface area (Å²) in [6.45, 7) is 1.58. The molecule has 2 saturated heterocycles. The highest BCUT2D eigenvalue weighted by Crippen LogP contribution is 2.54. The zero-order chi connectivity index (χ0) is 20.0. The first kappa shape index (κ1) is 18.6. The summed E-state index contributed by atoms with van der Waals surface area (Å²) in [4.78, 5) is 31.3. The number of allylic oxidation sites excluding steroid dienone is 2. The number of ketones is 1. The molecule has 0 bridgehead atoms. The smallest absolute Gasteiger partial charge is 0.235 e. The van der Waals surface area contributed by atoms with Crippen molar-refractivity contribution in [3.05, 3.63) is 48.6 Å². The highest BCUT2D eigenvalue weighted by Gasteiger charge is 2.64. The number of methoxy groups -OCH3 is 1. The number of fused-ring (bicyclic) bond motifs is 2. The van der Waals surface area contributed by atoms with Crippen molar-refractivity contribution in [2.45, 2.75) is 44.2 Å². The number of hydrogen-bond donors (Lipinski definition) is 0. The second-order valence-electron chi connectivity index (χ2n) is 8.68. The van der Waals surface area contributed by atoms with Gasteiger partial charge in [-0.1, -0.05) is 18.2 Å². The van der Waals surface area contributed by atoms with Crippen molar-refractivity contribution in [3.63, 3.8) is 0 Å². The van der Waals surface area contributed by atoms with Crippen molar-refractivity contribution >= 4 is 17.4 Å². The van der Waals surface area contributed by atoms with E-state index < -0.39 is 5.41 Å². The van der Waals surface area contributed by atoms with Gasteiger partial charge in [0.25, 0.3) is 0 Å². The van der Waals surface area contributed by atoms with E-state index in [4.69, 9.17) is 4.74 Å². The van der Waals surface area contributed by atoms with Crippen LogP contribution in [0.15, 0.2) is 48.6 Å². The Morgan fingerprint density at radius 3 is 2.69 bits per heavy atom. The molecule has 0 N–H and O–H groups in total. The fourth-order valence-electron chi connectivity index (χ4n) is 5.95. The van der Waals surface area contributed by atoms with Gasteiger partial charge in [-0.05, 0) is 69.0 Å². The van der Waals surface area contributed by atoms with Gasteiger partial charge < -0.3 is 9.64 Å². The van der Waals surface area contributed by atoms with Crippen LogP contribution in [0.4, 0.5) is 5.69 Å². The van der Waals surface area contributed by atoms with E-state index in [0.717, 1.165) is 43.7 Å². The molecule has 152 valence electrons. The van der Waals surface area contributed by atoms with Crippen molar-refractivity contribution in [1.82, 2.24) is 4.90 Å². The summed E-state index contributed by atoms with van der Waals surface area (Å²) in [6.07, 6.45) is 13.2. The fourth-order valence-corrected chi connectivity index (χ4v) is 5.95. The Bertz CT molecular complexity index is 875. The maximum absolute atomic E-state index is 14.0. The minimum atomic E-state index is -0.649. The Morgan fingerprint density at radius 1 is 1.07 bits per heavy atom. The third-order valence-electron chi connectivity index (χ3n) is 7.33. The largest absolute Gasteiger partial charge is 0.497 e. The number of carbonyl (C=O) groups is 2. The zero-order valence-electron chi connectivity index (χ0n) is 16.9. The van der Waals surface area contributed by atoms with Crippen LogP contribution in [0, 0.1) is 11.3 Å². The van der Waals surface area contributed by atoms with E-state index in [9.17, 15) is 9.59 Å². The maximum atomic E-state index is 14.0. The molecule has 3 heterocycles. The first-order valence-corrected chi connectivity index (χ1v) is 10.8. The van der Waals surface area contributed by atoms with E-state index in [0.29, 0.717) is 6.54 Å². The standard InChI is InChI=1S/C24H28N2O3/c1-29-19-9-7-17(8-10-19)26-15-13-20-21(27)11-12-22-24(20,23(26)28)16-18-6-4-2-3-5-14-25(18)22/h4,6-12,18,20,22H,2-3,5,13-16H2,1H3/b6-4-/t18-,20-,22-,24-/m0/s1. The fraction of sp³-hybridized carbons (Fsp3) is 0.500. The number of nitrogens with zero attached hydrogens (tertiary/aromatic N) is 2. The molecule has 1 aliphatic carbocycles. The predicted octanol–water partition coefficient (Wildman–Crippen LogP) is 3.36. The molecule has 0 saturated carbocycles. The lowest BCUT2D eigenvalue weighted by Gasteiger charge is -2.49. The normalized spacial score (nSPS) is 35.3. The van der Waals surface area contributed by atoms with E-state index >= 15 is 0 Å². The van der Waals surface area contributed by atoms with Crippen LogP contribution in [-0.2, 0) is 9.59 Å². The van der Waals surface area contributed by atoms with E-state index in [1.807, 2.05) is 35.2 Å². The molecule has 1 aromatic carbocycles. The molecule has 2 fully saturated rings. The molecule has 1 amide bonds. The number of hydrogen-bond acceptors (Lipinski definition) is 4. The Morgan fingerprint density at radius 2 is 1.90 bits per heavy atom. The van der Waals surface area contributed by atoms with Crippen LogP contribution in [-0.4, -0.2) is 48.9 Å². The summed E-state index contributed by atoms with van der Waals surface area (Å²) >= 11 is 0. The average molecular weight is 392 g/mol. The van der Waals surface area contributed by atoms with Gasteiger partial charge in [0, 0.05) is 30.2 Å². The number of rotatable bonds is 2. The Balaban J connectivity index is 1.55. The van der Waals surface area contributed by atoms with E-state index in [2.05, 4.69) is 17.1 Å². The van der Waals surface area contributed by atoms with Gasteiger partial charge in [-0.3, -0.25) is 14.5 Å². The lowest BCUT2D eigenvalue weighted by Crippen LogP contribution is -2.61. The van der Waals surface area contributed by atoms with Crippen LogP contribution in [0.25, 0.3) is 0 Å². The van der Waals surface area contributed by atoms with Crippen LogP contribution < -0.4 is 9.64 Å². The molecule has 0 radical (unpaired) electrons. The Kier molecular flexibility index (Phi) is 4.58. The molecule has 5 heteroatoms. The molecule has 5 rings (SSSR count). The van der Waals surface area contributed by atoms with Gasteiger partial charge in [0.2, 0.25) is 5.91 Å². The number of piperidine rings is 1. The maximum Gasteiger partial charge on any atom is 0.235 e. The van der Waals surface area contributed by atoms with Crippen molar-refractivity contribution in [1.29, 1.82) is 0 Å². The molecular formula is C24H28N2O3. The summed E-state index contributed by atoms with van der Waals surface area (Å²) in [5, 5.41) is 0. The third-order valence-corrected chi connectivity index (χ3v) is 7.33. The first-order valence-electron chi connectivity index (χ1n) is 10.8. The molecular weight excluding hydrogens is 364 g/mol. The van der Waals surface area contributed by atoms with Gasteiger partial charge >= 0.3 is 0 Å². The Hall–Kier alpha value is -2.40. The minimum absolute atomic E-state index is 0.00602. The van der Waals surface area contributed by atoms with E-state index in [1.54, 1.807) is 13.2 Å². The minimum Gasteiger partial charge on any atom is -0.497 e. The molecule has 5 nitrogen and oxygen atoms in total. The quantitative estimate of drug-likeness (QED) is 0.725. The molecule has 1 spiro atoms. The topological polar surface area (TPSA) is 49.9 Å². The van der Waals surface area contributed by atoms with Gasteiger partial charge in [-0.25, -0.2) is 0 Å². The molecule has 4 atom stereocenters. The number of amides is 1. The summed E-state index contributed by atoms with van der Waals surface area (Å²) in [5.41, 5.74) is 0.239. The molecule has 29 heavy (non-hydrogen) atoms. The molecule has 0 aromatic heterocycles. The van der Waals surface area contributed by atoms with Crippen LogP contribution >= 0.6 is 0 Å². The summed E-state index contributed by atoms with van der Waals surface area (Å²) in [5.74, 6) is 0.810. The highest BCUT2D eigenvalue weighted by atomic mass is 16.5. The molecule has 3 aliphatic heterocycles. The van der Waals surface area contributed by atoms with Crippen LogP contribution in [0.5, 0.6) is 5.75 Å². The zero-order valence-corrected chi connectivity index (χ0v) is 16.9. The summed E-state index contributed by atoms with van der Waals surface area (Å²) in [7, 11) is 1.64. The average Bonchev–Trinajstić information content (AvgIpc) is 3.02. The van der Waals surface area contributed by atoms with Crippen LogP contribution in [0.1, 0.15) is 32.1 Å². The third kappa shape index (κ3) is 2.78. The second-order valence-corrected chi connectivity index (χ2v) is 8.68. The SMILES string of the molecule is COc1ccc(N2CC[C@H]3C(=O)C=C[C@@H]4N5CCCC/C=C\[C@H]5C[C@@]43C2=O)cc1. The van der Waals surface area contributed by atoms with Crippen molar-refractivity contribution in [2.75, 3.05) is 25.1 Å². The number of ether oxygens (including phenoxy) is 1. The molecule has 0 unspecified atom stereocenters. The number of anilines is 1. The van der Waals surface area contributed by atoms with E-state index in [1.165, 1.54) is 6.42 Å². The number of benzene rings is 1. The lowest BCUT2D eigenvalue weighted by atomic mass is 9.61. The van der Waals surface area contributed by atoms with Crippen molar-refractivity contribution in [2.24, 2.45) is 11.3 Å². The molecule has 4 aliphatic rings. The molecule has 1 aromatic rings. The van der Waals surface area contributed by atoms with Crippen LogP contribution in [0.3, 0.4) is 0 Å². The van der Waals surface area contributed by atoms with Crippen molar-refractivity contribution < 1.29 is 14.3 Å². The summed E-state index contributed by atoms with van der Waals surface area (Å²) in [6, 6.07) is 7.92. The van der Waals surface area contributed by atoms with Gasteiger partial charge in [0.15, 0.2) is 5.78 Å². The first-order chi connectivity index (χ1) is 14.1. The van der Waals surface area contributed by atoms with Gasteiger partial charge in [-0.2, -0.15) is 0 Å².